The number of anilines is 1. The number of carbonyl (C=O) groups excluding carboxylic acids is 1. The van der Waals surface area contributed by atoms with Crippen LogP contribution in [0.4, 0.5) is 5.82 Å². The summed E-state index contributed by atoms with van der Waals surface area (Å²) in [5.74, 6) is 1.15. The highest BCUT2D eigenvalue weighted by Crippen LogP contribution is 2.41. The topological polar surface area (TPSA) is 46.9 Å². The number of aryl methyl sites for hydroxylation is 2. The molecular weight excluding hydrogens is 286 g/mol. The second-order valence-electron chi connectivity index (χ2n) is 7.00. The number of fused-ring (bicyclic) bond motifs is 1. The number of aromatic nitrogens is 2. The fourth-order valence-corrected chi connectivity index (χ4v) is 4.08. The SMILES string of the molecule is Cc1ccc(C)c([C@@H]2CC(=O)Nc3c2cnn3C2CCCC2)c1. The Bertz CT molecular complexity index is 756. The lowest BCUT2D eigenvalue weighted by atomic mass is 9.84. The summed E-state index contributed by atoms with van der Waals surface area (Å²) in [6.45, 7) is 4.23. The van der Waals surface area contributed by atoms with Crippen molar-refractivity contribution in [3.8, 4) is 0 Å². The molecule has 0 unspecified atom stereocenters. The monoisotopic (exact) mass is 309 g/mol. The Labute approximate surface area is 136 Å². The van der Waals surface area contributed by atoms with Crippen LogP contribution in [0, 0.1) is 13.8 Å². The predicted octanol–water partition coefficient (Wildman–Crippen LogP) is 4.09. The molecule has 120 valence electrons. The van der Waals surface area contributed by atoms with E-state index in [2.05, 4.69) is 47.1 Å². The van der Waals surface area contributed by atoms with Crippen LogP contribution in [0.3, 0.4) is 0 Å². The number of rotatable bonds is 2. The van der Waals surface area contributed by atoms with Gasteiger partial charge in [-0.15, -0.1) is 0 Å². The summed E-state index contributed by atoms with van der Waals surface area (Å²) in [5.41, 5.74) is 4.91. The lowest BCUT2D eigenvalue weighted by Crippen LogP contribution is -2.26. The zero-order valence-corrected chi connectivity index (χ0v) is 13.8. The van der Waals surface area contributed by atoms with Crippen LogP contribution in [0.2, 0.25) is 0 Å². The van der Waals surface area contributed by atoms with E-state index in [4.69, 9.17) is 0 Å². The molecule has 4 rings (SSSR count). The first kappa shape index (κ1) is 14.5. The van der Waals surface area contributed by atoms with Crippen LogP contribution in [-0.2, 0) is 4.79 Å². The van der Waals surface area contributed by atoms with E-state index >= 15 is 0 Å². The predicted molar refractivity (Wildman–Crippen MR) is 90.7 cm³/mol. The molecule has 1 aliphatic heterocycles. The molecule has 2 aliphatic rings. The van der Waals surface area contributed by atoms with E-state index in [0.29, 0.717) is 12.5 Å². The summed E-state index contributed by atoms with van der Waals surface area (Å²) in [6.07, 6.45) is 7.32. The van der Waals surface area contributed by atoms with Crippen LogP contribution in [0.1, 0.15) is 66.3 Å². The zero-order valence-electron chi connectivity index (χ0n) is 13.8. The van der Waals surface area contributed by atoms with Crippen LogP contribution in [0.5, 0.6) is 0 Å². The van der Waals surface area contributed by atoms with Crippen molar-refractivity contribution in [3.63, 3.8) is 0 Å². The first-order chi connectivity index (χ1) is 11.1. The van der Waals surface area contributed by atoms with Crippen molar-refractivity contribution in [2.45, 2.75) is 57.9 Å². The molecule has 2 heterocycles. The average molecular weight is 309 g/mol. The minimum absolute atomic E-state index is 0.100. The summed E-state index contributed by atoms with van der Waals surface area (Å²) in [7, 11) is 0. The number of carbonyl (C=O) groups is 1. The third-order valence-corrected chi connectivity index (χ3v) is 5.33. The van der Waals surface area contributed by atoms with E-state index in [-0.39, 0.29) is 11.8 Å². The first-order valence-corrected chi connectivity index (χ1v) is 8.58. The van der Waals surface area contributed by atoms with Crippen LogP contribution in [0.25, 0.3) is 0 Å². The van der Waals surface area contributed by atoms with Crippen molar-refractivity contribution in [1.82, 2.24) is 9.78 Å². The molecule has 1 fully saturated rings. The molecule has 2 aromatic rings. The number of benzene rings is 1. The molecule has 4 nitrogen and oxygen atoms in total. The van der Waals surface area contributed by atoms with Gasteiger partial charge in [0, 0.05) is 17.9 Å². The number of hydrogen-bond acceptors (Lipinski definition) is 2. The molecule has 1 aromatic heterocycles. The van der Waals surface area contributed by atoms with Gasteiger partial charge in [-0.1, -0.05) is 36.6 Å². The maximum Gasteiger partial charge on any atom is 0.226 e. The van der Waals surface area contributed by atoms with Gasteiger partial charge in [-0.05, 0) is 37.8 Å². The lowest BCUT2D eigenvalue weighted by Gasteiger charge is -2.26. The van der Waals surface area contributed by atoms with Crippen molar-refractivity contribution >= 4 is 11.7 Å². The molecular formula is C19H23N3O. The Kier molecular flexibility index (Phi) is 3.47. The highest BCUT2D eigenvalue weighted by atomic mass is 16.1. The second-order valence-corrected chi connectivity index (χ2v) is 7.00. The van der Waals surface area contributed by atoms with Gasteiger partial charge in [-0.25, -0.2) is 4.68 Å². The van der Waals surface area contributed by atoms with Gasteiger partial charge in [0.2, 0.25) is 5.91 Å². The molecule has 1 amide bonds. The molecule has 0 saturated heterocycles. The summed E-state index contributed by atoms with van der Waals surface area (Å²) in [6, 6.07) is 6.94. The largest absolute Gasteiger partial charge is 0.311 e. The van der Waals surface area contributed by atoms with Crippen molar-refractivity contribution in [3.05, 3.63) is 46.6 Å². The highest BCUT2D eigenvalue weighted by molar-refractivity contribution is 5.94. The van der Waals surface area contributed by atoms with E-state index < -0.39 is 0 Å². The van der Waals surface area contributed by atoms with Gasteiger partial charge >= 0.3 is 0 Å². The Morgan fingerprint density at radius 3 is 2.74 bits per heavy atom. The smallest absolute Gasteiger partial charge is 0.226 e. The van der Waals surface area contributed by atoms with Gasteiger partial charge in [0.25, 0.3) is 0 Å². The Balaban J connectivity index is 1.79. The fraction of sp³-hybridized carbons (Fsp3) is 0.474. The summed E-state index contributed by atoms with van der Waals surface area (Å²) in [4.78, 5) is 12.3. The van der Waals surface area contributed by atoms with Crippen LogP contribution >= 0.6 is 0 Å². The standard InChI is InChI=1S/C19H23N3O/c1-12-7-8-13(2)15(9-12)16-10-18(23)21-19-17(16)11-20-22(19)14-5-3-4-6-14/h7-9,11,14,16H,3-6,10H2,1-2H3,(H,21,23)/t16-/m0/s1. The van der Waals surface area contributed by atoms with Gasteiger partial charge in [0.1, 0.15) is 5.82 Å². The van der Waals surface area contributed by atoms with Crippen molar-refractivity contribution in [2.24, 2.45) is 0 Å². The third kappa shape index (κ3) is 2.46. The second kappa shape index (κ2) is 5.52. The fourth-order valence-electron chi connectivity index (χ4n) is 4.08. The Hall–Kier alpha value is -2.10. The summed E-state index contributed by atoms with van der Waals surface area (Å²) in [5, 5.41) is 7.72. The molecule has 1 aromatic carbocycles. The van der Waals surface area contributed by atoms with Crippen molar-refractivity contribution in [1.29, 1.82) is 0 Å². The quantitative estimate of drug-likeness (QED) is 0.908. The maximum atomic E-state index is 12.3. The third-order valence-electron chi connectivity index (χ3n) is 5.33. The van der Waals surface area contributed by atoms with Gasteiger partial charge in [0.05, 0.1) is 12.2 Å². The van der Waals surface area contributed by atoms with Gasteiger partial charge in [-0.2, -0.15) is 5.10 Å². The van der Waals surface area contributed by atoms with Crippen molar-refractivity contribution < 1.29 is 4.79 Å². The van der Waals surface area contributed by atoms with Crippen molar-refractivity contribution in [2.75, 3.05) is 5.32 Å². The number of hydrogen-bond donors (Lipinski definition) is 1. The molecule has 0 spiro atoms. The number of nitrogens with zero attached hydrogens (tertiary/aromatic N) is 2. The first-order valence-electron chi connectivity index (χ1n) is 8.58. The summed E-state index contributed by atoms with van der Waals surface area (Å²) < 4.78 is 2.07. The minimum Gasteiger partial charge on any atom is -0.311 e. The molecule has 0 bridgehead atoms. The maximum absolute atomic E-state index is 12.3. The molecule has 1 saturated carbocycles. The van der Waals surface area contributed by atoms with Gasteiger partial charge < -0.3 is 5.32 Å². The number of amides is 1. The van der Waals surface area contributed by atoms with Gasteiger partial charge in [0.15, 0.2) is 0 Å². The summed E-state index contributed by atoms with van der Waals surface area (Å²) >= 11 is 0. The molecule has 1 atom stereocenters. The lowest BCUT2D eigenvalue weighted by molar-refractivity contribution is -0.116. The normalized spacial score (nSPS) is 21.3. The number of nitrogens with one attached hydrogen (secondary N) is 1. The highest BCUT2D eigenvalue weighted by Gasteiger charge is 2.33. The molecule has 4 heteroatoms. The van der Waals surface area contributed by atoms with Gasteiger partial charge in [-0.3, -0.25) is 4.79 Å². The molecule has 0 radical (unpaired) electrons. The van der Waals surface area contributed by atoms with Crippen LogP contribution < -0.4 is 5.32 Å². The molecule has 23 heavy (non-hydrogen) atoms. The Morgan fingerprint density at radius 1 is 1.17 bits per heavy atom. The Morgan fingerprint density at radius 2 is 1.96 bits per heavy atom. The van der Waals surface area contributed by atoms with E-state index in [1.807, 2.05) is 6.20 Å². The van der Waals surface area contributed by atoms with Crippen LogP contribution in [-0.4, -0.2) is 15.7 Å². The van der Waals surface area contributed by atoms with E-state index in [0.717, 1.165) is 18.7 Å². The van der Waals surface area contributed by atoms with E-state index in [9.17, 15) is 4.79 Å². The molecule has 1 N–H and O–H groups in total. The zero-order chi connectivity index (χ0) is 16.0. The minimum atomic E-state index is 0.100. The molecule has 1 aliphatic carbocycles. The van der Waals surface area contributed by atoms with E-state index in [1.54, 1.807) is 0 Å². The van der Waals surface area contributed by atoms with Crippen LogP contribution in [0.15, 0.2) is 24.4 Å². The average Bonchev–Trinajstić information content (AvgIpc) is 3.17. The van der Waals surface area contributed by atoms with E-state index in [1.165, 1.54) is 35.1 Å².